The van der Waals surface area contributed by atoms with Crippen LogP contribution in [0.3, 0.4) is 0 Å². The van der Waals surface area contributed by atoms with Gasteiger partial charge in [-0.15, -0.1) is 0 Å². The summed E-state index contributed by atoms with van der Waals surface area (Å²) in [7, 11) is 0. The molecule has 0 aromatic heterocycles. The van der Waals surface area contributed by atoms with Crippen molar-refractivity contribution in [2.45, 2.75) is 80.1 Å². The molecule has 1 rings (SSSR count). The Morgan fingerprint density at radius 2 is 1.87 bits per heavy atom. The Labute approximate surface area is 144 Å². The molecule has 0 heterocycles. The maximum absolute atomic E-state index is 2.40. The summed E-state index contributed by atoms with van der Waals surface area (Å²) in [5, 5.41) is 0. The molecule has 0 amide bonds. The van der Waals surface area contributed by atoms with E-state index >= 15 is 0 Å². The van der Waals surface area contributed by atoms with Crippen molar-refractivity contribution in [3.8, 4) is 0 Å². The SMILES string of the molecule is CC/C=C(C)/C=C/C=C(/C=C/C1=C(C)CCCCC1(C)C)CC. The number of hydrogen-bond acceptors (Lipinski definition) is 0. The summed E-state index contributed by atoms with van der Waals surface area (Å²) >= 11 is 0. The van der Waals surface area contributed by atoms with E-state index in [4.69, 9.17) is 0 Å². The van der Waals surface area contributed by atoms with E-state index in [-0.39, 0.29) is 0 Å². The molecule has 1 aliphatic carbocycles. The van der Waals surface area contributed by atoms with Gasteiger partial charge in [0, 0.05) is 0 Å². The number of hydrogen-bond donors (Lipinski definition) is 0. The molecular weight excluding hydrogens is 276 g/mol. The molecule has 0 N–H and O–H groups in total. The van der Waals surface area contributed by atoms with Crippen molar-refractivity contribution in [2.24, 2.45) is 5.41 Å². The zero-order valence-corrected chi connectivity index (χ0v) is 16.2. The van der Waals surface area contributed by atoms with Crippen molar-refractivity contribution in [3.63, 3.8) is 0 Å². The van der Waals surface area contributed by atoms with Crippen LogP contribution in [0.25, 0.3) is 0 Å². The zero-order valence-electron chi connectivity index (χ0n) is 16.2. The average Bonchev–Trinajstić information content (AvgIpc) is 2.62. The molecule has 0 nitrogen and oxygen atoms in total. The van der Waals surface area contributed by atoms with Crippen molar-refractivity contribution in [1.29, 1.82) is 0 Å². The predicted molar refractivity (Wildman–Crippen MR) is 106 cm³/mol. The summed E-state index contributed by atoms with van der Waals surface area (Å²) in [6, 6.07) is 0. The Morgan fingerprint density at radius 1 is 1.13 bits per heavy atom. The van der Waals surface area contributed by atoms with E-state index in [2.05, 4.69) is 78.0 Å². The van der Waals surface area contributed by atoms with E-state index < -0.39 is 0 Å². The summed E-state index contributed by atoms with van der Waals surface area (Å²) in [6.07, 6.45) is 21.0. The number of rotatable bonds is 6. The molecule has 1 aliphatic rings. The van der Waals surface area contributed by atoms with Gasteiger partial charge >= 0.3 is 0 Å². The lowest BCUT2D eigenvalue weighted by Gasteiger charge is -2.26. The minimum atomic E-state index is 0.312. The molecule has 0 saturated heterocycles. The second-order valence-corrected chi connectivity index (χ2v) is 7.43. The van der Waals surface area contributed by atoms with Gasteiger partial charge in [-0.25, -0.2) is 0 Å². The van der Waals surface area contributed by atoms with E-state index in [0.29, 0.717) is 5.41 Å². The van der Waals surface area contributed by atoms with Crippen LogP contribution < -0.4 is 0 Å². The molecule has 0 aromatic rings. The van der Waals surface area contributed by atoms with Gasteiger partial charge in [0.1, 0.15) is 0 Å². The van der Waals surface area contributed by atoms with E-state index in [9.17, 15) is 0 Å². The molecule has 0 radical (unpaired) electrons. The summed E-state index contributed by atoms with van der Waals surface area (Å²) in [6.45, 7) is 13.7. The van der Waals surface area contributed by atoms with E-state index in [1.54, 1.807) is 11.1 Å². The Balaban J connectivity index is 2.92. The normalized spacial score (nSPS) is 20.6. The largest absolute Gasteiger partial charge is 0.0819 e. The highest BCUT2D eigenvalue weighted by atomic mass is 14.3. The van der Waals surface area contributed by atoms with Crippen LogP contribution in [-0.4, -0.2) is 0 Å². The fourth-order valence-electron chi connectivity index (χ4n) is 3.37. The fourth-order valence-corrected chi connectivity index (χ4v) is 3.37. The highest BCUT2D eigenvalue weighted by Crippen LogP contribution is 2.39. The third kappa shape index (κ3) is 6.77. The zero-order chi connectivity index (χ0) is 17.3. The van der Waals surface area contributed by atoms with Gasteiger partial charge in [0.05, 0.1) is 0 Å². The van der Waals surface area contributed by atoms with Crippen molar-refractivity contribution >= 4 is 0 Å². The van der Waals surface area contributed by atoms with Gasteiger partial charge in [-0.3, -0.25) is 0 Å². The van der Waals surface area contributed by atoms with Gasteiger partial charge in [0.25, 0.3) is 0 Å². The summed E-state index contributed by atoms with van der Waals surface area (Å²) in [5.41, 5.74) is 6.18. The first-order valence-corrected chi connectivity index (χ1v) is 9.33. The maximum Gasteiger partial charge on any atom is -0.0104 e. The molecule has 0 spiro atoms. The Morgan fingerprint density at radius 3 is 2.52 bits per heavy atom. The highest BCUT2D eigenvalue weighted by Gasteiger charge is 2.25. The lowest BCUT2D eigenvalue weighted by molar-refractivity contribution is 0.407. The molecule has 0 bridgehead atoms. The molecule has 23 heavy (non-hydrogen) atoms. The molecule has 0 unspecified atom stereocenters. The Bertz CT molecular complexity index is 518. The molecular formula is C23H36. The topological polar surface area (TPSA) is 0 Å². The first-order chi connectivity index (χ1) is 10.9. The van der Waals surface area contributed by atoms with Crippen LogP contribution in [0.15, 0.2) is 58.7 Å². The van der Waals surface area contributed by atoms with Crippen LogP contribution in [-0.2, 0) is 0 Å². The smallest absolute Gasteiger partial charge is 0.0104 e. The fraction of sp³-hybridized carbons (Fsp3) is 0.565. The quantitative estimate of drug-likeness (QED) is 0.440. The molecule has 0 atom stereocenters. The molecule has 128 valence electrons. The second-order valence-electron chi connectivity index (χ2n) is 7.43. The van der Waals surface area contributed by atoms with E-state index in [1.807, 2.05) is 0 Å². The predicted octanol–water partition coefficient (Wildman–Crippen LogP) is 7.71. The lowest BCUT2D eigenvalue weighted by atomic mass is 9.79. The third-order valence-electron chi connectivity index (χ3n) is 4.86. The summed E-state index contributed by atoms with van der Waals surface area (Å²) in [5.74, 6) is 0. The molecule has 0 aromatic carbocycles. The number of allylic oxidation sites excluding steroid dienone is 10. The minimum Gasteiger partial charge on any atom is -0.0819 e. The molecule has 0 aliphatic heterocycles. The Hall–Kier alpha value is -1.30. The van der Waals surface area contributed by atoms with Crippen molar-refractivity contribution in [3.05, 3.63) is 58.7 Å². The second kappa shape index (κ2) is 9.75. The lowest BCUT2D eigenvalue weighted by Crippen LogP contribution is -2.13. The van der Waals surface area contributed by atoms with Crippen LogP contribution in [0.2, 0.25) is 0 Å². The third-order valence-corrected chi connectivity index (χ3v) is 4.86. The summed E-state index contributed by atoms with van der Waals surface area (Å²) < 4.78 is 0. The Kier molecular flexibility index (Phi) is 8.37. The van der Waals surface area contributed by atoms with Crippen LogP contribution >= 0.6 is 0 Å². The van der Waals surface area contributed by atoms with Gasteiger partial charge in [-0.2, -0.15) is 0 Å². The van der Waals surface area contributed by atoms with Gasteiger partial charge < -0.3 is 0 Å². The molecule has 0 saturated carbocycles. The van der Waals surface area contributed by atoms with E-state index in [0.717, 1.165) is 12.8 Å². The maximum atomic E-state index is 2.40. The average molecular weight is 313 g/mol. The van der Waals surface area contributed by atoms with Crippen LogP contribution in [0.1, 0.15) is 80.1 Å². The highest BCUT2D eigenvalue weighted by molar-refractivity contribution is 5.37. The van der Waals surface area contributed by atoms with Crippen molar-refractivity contribution in [1.82, 2.24) is 0 Å². The summed E-state index contributed by atoms with van der Waals surface area (Å²) in [4.78, 5) is 0. The first-order valence-electron chi connectivity index (χ1n) is 9.33. The van der Waals surface area contributed by atoms with Crippen molar-refractivity contribution in [2.75, 3.05) is 0 Å². The molecule has 0 heteroatoms. The first kappa shape index (κ1) is 19.7. The van der Waals surface area contributed by atoms with Gasteiger partial charge in [-0.1, -0.05) is 81.7 Å². The standard InChI is InChI=1S/C23H36/c1-7-12-19(3)13-11-15-21(8-2)16-17-22-20(4)14-9-10-18-23(22,5)6/h11-13,15-17H,7-10,14,18H2,1-6H3/b13-11+,17-16+,19-12+,21-15+. The van der Waals surface area contributed by atoms with Crippen LogP contribution in [0.5, 0.6) is 0 Å². The van der Waals surface area contributed by atoms with Crippen LogP contribution in [0.4, 0.5) is 0 Å². The van der Waals surface area contributed by atoms with Crippen LogP contribution in [0, 0.1) is 5.41 Å². The monoisotopic (exact) mass is 312 g/mol. The molecule has 0 fully saturated rings. The van der Waals surface area contributed by atoms with E-state index in [1.165, 1.54) is 36.8 Å². The van der Waals surface area contributed by atoms with Crippen molar-refractivity contribution < 1.29 is 0 Å². The van der Waals surface area contributed by atoms with Gasteiger partial charge in [0.2, 0.25) is 0 Å². The minimum absolute atomic E-state index is 0.312. The van der Waals surface area contributed by atoms with Gasteiger partial charge in [-0.05, 0) is 62.5 Å². The van der Waals surface area contributed by atoms with Gasteiger partial charge in [0.15, 0.2) is 0 Å².